The van der Waals surface area contributed by atoms with Crippen LogP contribution in [0.2, 0.25) is 13.1 Å². The molecule has 0 radical (unpaired) electrons. The van der Waals surface area contributed by atoms with E-state index in [1.54, 1.807) is 0 Å². The maximum atomic E-state index is 6.55. The Morgan fingerprint density at radius 1 is 0.512 bits per heavy atom. The first-order chi connectivity index (χ1) is 20.1. The molecule has 0 unspecified atom stereocenters. The molecule has 3 heteroatoms. The molecule has 6 aromatic carbocycles. The minimum atomic E-state index is -2.06. The van der Waals surface area contributed by atoms with E-state index in [4.69, 9.17) is 4.42 Å². The van der Waals surface area contributed by atoms with Gasteiger partial charge < -0.3 is 9.32 Å². The monoisotopic (exact) mass is 543 g/mol. The molecule has 2 nitrogen and oxygen atoms in total. The molecule has 1 aliphatic heterocycles. The molecular weight excluding hydrogens is 515 g/mol. The molecule has 0 saturated carbocycles. The van der Waals surface area contributed by atoms with E-state index in [1.807, 2.05) is 0 Å². The van der Waals surface area contributed by atoms with Crippen LogP contribution in [0.5, 0.6) is 0 Å². The summed E-state index contributed by atoms with van der Waals surface area (Å²) in [5.74, 6) is 0. The number of anilines is 3. The van der Waals surface area contributed by atoms with Gasteiger partial charge in [0.25, 0.3) is 0 Å². The molecule has 7 aromatic rings. The lowest BCUT2D eigenvalue weighted by molar-refractivity contribution is 0.671. The van der Waals surface area contributed by atoms with Crippen LogP contribution in [-0.4, -0.2) is 8.07 Å². The molecule has 196 valence electrons. The Labute approximate surface area is 241 Å². The van der Waals surface area contributed by atoms with Crippen LogP contribution in [0.4, 0.5) is 17.1 Å². The Morgan fingerprint density at radius 2 is 1.12 bits per heavy atom. The van der Waals surface area contributed by atoms with Gasteiger partial charge in [-0.15, -0.1) is 0 Å². The van der Waals surface area contributed by atoms with Gasteiger partial charge in [-0.3, -0.25) is 0 Å². The van der Waals surface area contributed by atoms with Crippen molar-refractivity contribution in [2.24, 2.45) is 0 Å². The van der Waals surface area contributed by atoms with Crippen LogP contribution in [0.3, 0.4) is 0 Å². The second-order valence-electron chi connectivity index (χ2n) is 11.4. The van der Waals surface area contributed by atoms with Crippen molar-refractivity contribution >= 4 is 57.4 Å². The summed E-state index contributed by atoms with van der Waals surface area (Å²) < 4.78 is 6.55. The number of para-hydroxylation sites is 2. The zero-order valence-corrected chi connectivity index (χ0v) is 24.1. The van der Waals surface area contributed by atoms with Crippen molar-refractivity contribution in [1.29, 1.82) is 0 Å². The number of fused-ring (bicyclic) bond motifs is 7. The molecule has 41 heavy (non-hydrogen) atoms. The van der Waals surface area contributed by atoms with Crippen LogP contribution in [0.15, 0.2) is 144 Å². The first-order valence-corrected chi connectivity index (χ1v) is 17.2. The van der Waals surface area contributed by atoms with E-state index in [1.165, 1.54) is 49.1 Å². The van der Waals surface area contributed by atoms with Crippen molar-refractivity contribution in [3.63, 3.8) is 0 Å². The Balaban J connectivity index is 1.27. The van der Waals surface area contributed by atoms with Gasteiger partial charge in [0.15, 0.2) is 0 Å². The highest BCUT2D eigenvalue weighted by molar-refractivity contribution is 7.05. The fraction of sp³-hybridized carbons (Fsp3) is 0.0526. The fourth-order valence-corrected chi connectivity index (χ4v) is 9.96. The molecule has 0 amide bonds. The average molecular weight is 544 g/mol. The number of furan rings is 1. The molecule has 0 fully saturated rings. The van der Waals surface area contributed by atoms with Gasteiger partial charge in [0.05, 0.1) is 0 Å². The normalized spacial score (nSPS) is 13.3. The Hall–Kier alpha value is -4.86. The van der Waals surface area contributed by atoms with E-state index in [0.717, 1.165) is 22.5 Å². The minimum Gasteiger partial charge on any atom is -0.456 e. The van der Waals surface area contributed by atoms with Gasteiger partial charge in [-0.2, -0.15) is 0 Å². The largest absolute Gasteiger partial charge is 0.456 e. The van der Waals surface area contributed by atoms with Crippen molar-refractivity contribution in [1.82, 2.24) is 0 Å². The number of hydrogen-bond donors (Lipinski definition) is 0. The maximum absolute atomic E-state index is 6.55. The van der Waals surface area contributed by atoms with Crippen LogP contribution in [-0.2, 0) is 0 Å². The van der Waals surface area contributed by atoms with Gasteiger partial charge in [-0.1, -0.05) is 104 Å². The highest BCUT2D eigenvalue weighted by Crippen LogP contribution is 2.40. The summed E-state index contributed by atoms with van der Waals surface area (Å²) >= 11 is 0. The zero-order valence-electron chi connectivity index (χ0n) is 23.1. The lowest BCUT2D eigenvalue weighted by Crippen LogP contribution is -2.49. The number of rotatable bonds is 4. The van der Waals surface area contributed by atoms with Crippen LogP contribution in [0, 0.1) is 0 Å². The molecule has 1 aliphatic rings. The summed E-state index contributed by atoms with van der Waals surface area (Å²) in [4.78, 5) is 2.37. The first kappa shape index (κ1) is 24.0. The lowest BCUT2D eigenvalue weighted by atomic mass is 10.0. The fourth-order valence-electron chi connectivity index (χ4n) is 6.65. The van der Waals surface area contributed by atoms with Crippen LogP contribution < -0.4 is 15.3 Å². The summed E-state index contributed by atoms with van der Waals surface area (Å²) in [5, 5.41) is 5.29. The van der Waals surface area contributed by atoms with Crippen molar-refractivity contribution in [2.75, 3.05) is 4.90 Å². The molecule has 0 aliphatic carbocycles. The summed E-state index contributed by atoms with van der Waals surface area (Å²) in [6.07, 6.45) is 0. The van der Waals surface area contributed by atoms with Crippen LogP contribution in [0.25, 0.3) is 44.2 Å². The highest BCUT2D eigenvalue weighted by atomic mass is 28.3. The molecule has 0 spiro atoms. The van der Waals surface area contributed by atoms with Gasteiger partial charge >= 0.3 is 0 Å². The molecular formula is C38H29NOSi. The standard InChI is InChI=1S/C38H29NOSi/c1-41(2)36-25-30(21-22-32(36)34-24-23-33-31-15-9-10-16-35(31)40-37(33)38(34)41)39(28-13-7-4-8-14-28)29-19-17-27(18-20-29)26-11-5-3-6-12-26/h3-25H,1-2H3. The summed E-state index contributed by atoms with van der Waals surface area (Å²) in [6.45, 7) is 4.94. The van der Waals surface area contributed by atoms with Crippen molar-refractivity contribution in [3.8, 4) is 22.3 Å². The van der Waals surface area contributed by atoms with E-state index < -0.39 is 8.07 Å². The Bertz CT molecular complexity index is 2060. The van der Waals surface area contributed by atoms with E-state index >= 15 is 0 Å². The third-order valence-electron chi connectivity index (χ3n) is 8.64. The summed E-state index contributed by atoms with van der Waals surface area (Å²) in [6, 6.07) is 50.2. The second kappa shape index (κ2) is 9.08. The van der Waals surface area contributed by atoms with Crippen molar-refractivity contribution < 1.29 is 4.42 Å². The van der Waals surface area contributed by atoms with Gasteiger partial charge in [0, 0.05) is 27.8 Å². The predicted molar refractivity (Wildman–Crippen MR) is 176 cm³/mol. The molecule has 1 aromatic heterocycles. The molecule has 0 N–H and O–H groups in total. The van der Waals surface area contributed by atoms with E-state index in [9.17, 15) is 0 Å². The third kappa shape index (κ3) is 3.70. The topological polar surface area (TPSA) is 16.4 Å². The van der Waals surface area contributed by atoms with Crippen LogP contribution in [0.1, 0.15) is 0 Å². The van der Waals surface area contributed by atoms with Gasteiger partial charge in [0.1, 0.15) is 19.2 Å². The predicted octanol–water partition coefficient (Wildman–Crippen LogP) is 9.53. The zero-order chi connectivity index (χ0) is 27.6. The Morgan fingerprint density at radius 3 is 1.90 bits per heavy atom. The summed E-state index contributed by atoms with van der Waals surface area (Å²) in [7, 11) is -2.06. The molecule has 0 atom stereocenters. The number of benzene rings is 6. The van der Waals surface area contributed by atoms with Crippen LogP contribution >= 0.6 is 0 Å². The molecule has 2 heterocycles. The SMILES string of the molecule is C[Si]1(C)c2cc(N(c3ccccc3)c3ccc(-c4ccccc4)cc3)ccc2-c2ccc3c(oc4ccccc43)c21. The number of hydrogen-bond acceptors (Lipinski definition) is 2. The van der Waals surface area contributed by atoms with Crippen molar-refractivity contribution in [2.45, 2.75) is 13.1 Å². The van der Waals surface area contributed by atoms with E-state index in [0.29, 0.717) is 0 Å². The number of nitrogens with zero attached hydrogens (tertiary/aromatic N) is 1. The summed E-state index contributed by atoms with van der Waals surface area (Å²) in [5.41, 5.74) is 10.6. The molecule has 8 rings (SSSR count). The smallest absolute Gasteiger partial charge is 0.135 e. The average Bonchev–Trinajstić information content (AvgIpc) is 3.51. The maximum Gasteiger partial charge on any atom is 0.135 e. The van der Waals surface area contributed by atoms with E-state index in [-0.39, 0.29) is 0 Å². The second-order valence-corrected chi connectivity index (χ2v) is 15.7. The first-order valence-electron chi connectivity index (χ1n) is 14.2. The quantitative estimate of drug-likeness (QED) is 0.206. The minimum absolute atomic E-state index is 0.964. The third-order valence-corrected chi connectivity index (χ3v) is 12.2. The molecule has 0 bridgehead atoms. The lowest BCUT2D eigenvalue weighted by Gasteiger charge is -2.27. The highest BCUT2D eigenvalue weighted by Gasteiger charge is 2.40. The van der Waals surface area contributed by atoms with Gasteiger partial charge in [-0.25, -0.2) is 0 Å². The Kier molecular flexibility index (Phi) is 5.31. The van der Waals surface area contributed by atoms with Gasteiger partial charge in [0.2, 0.25) is 0 Å². The molecule has 0 saturated heterocycles. The van der Waals surface area contributed by atoms with Crippen molar-refractivity contribution in [3.05, 3.63) is 140 Å². The van der Waals surface area contributed by atoms with Gasteiger partial charge in [-0.05, 0) is 81.2 Å². The van der Waals surface area contributed by atoms with E-state index in [2.05, 4.69) is 158 Å².